The van der Waals surface area contributed by atoms with E-state index in [2.05, 4.69) is 16.9 Å². The fraction of sp³-hybridized carbons (Fsp3) is 0.312. The molecule has 0 radical (unpaired) electrons. The van der Waals surface area contributed by atoms with E-state index in [1.54, 1.807) is 24.3 Å². The number of nitrogens with zero attached hydrogens (tertiary/aromatic N) is 1. The Hall–Kier alpha value is -2.81. The van der Waals surface area contributed by atoms with Crippen molar-refractivity contribution in [1.29, 1.82) is 5.26 Å². The lowest BCUT2D eigenvalue weighted by atomic mass is 10.1. The molecule has 0 aromatic heterocycles. The van der Waals surface area contributed by atoms with Crippen molar-refractivity contribution in [3.8, 4) is 11.8 Å². The number of nitriles is 1. The molecule has 114 valence electrons. The predicted octanol–water partition coefficient (Wildman–Crippen LogP) is 1.44. The number of rotatable bonds is 5. The van der Waals surface area contributed by atoms with Crippen LogP contribution in [0, 0.1) is 17.2 Å². The van der Waals surface area contributed by atoms with Gasteiger partial charge < -0.3 is 4.74 Å². The van der Waals surface area contributed by atoms with Gasteiger partial charge in [0.1, 0.15) is 11.8 Å². The van der Waals surface area contributed by atoms with E-state index in [0.29, 0.717) is 17.7 Å². The highest BCUT2D eigenvalue weighted by Gasteiger charge is 2.14. The van der Waals surface area contributed by atoms with Gasteiger partial charge in [0.2, 0.25) is 5.91 Å². The van der Waals surface area contributed by atoms with Crippen LogP contribution in [0.2, 0.25) is 0 Å². The number of ether oxygens (including phenoxy) is 1. The number of hydrogen-bond acceptors (Lipinski definition) is 4. The SMILES string of the molecule is N#Cc1ccccc1OCC(=O)NNC(=O)C[C@@H]1C=CCC1. The first-order chi connectivity index (χ1) is 10.7. The number of para-hydroxylation sites is 1. The molecule has 0 bridgehead atoms. The van der Waals surface area contributed by atoms with Crippen LogP contribution in [-0.2, 0) is 9.59 Å². The average Bonchev–Trinajstić information content (AvgIpc) is 3.04. The summed E-state index contributed by atoms with van der Waals surface area (Å²) in [5, 5.41) is 8.90. The number of hydrogen-bond donors (Lipinski definition) is 2. The summed E-state index contributed by atoms with van der Waals surface area (Å²) in [4.78, 5) is 23.2. The number of nitrogens with one attached hydrogen (secondary N) is 2. The molecule has 2 amide bonds. The quantitative estimate of drug-likeness (QED) is 0.636. The van der Waals surface area contributed by atoms with E-state index in [-0.39, 0.29) is 18.4 Å². The number of amides is 2. The van der Waals surface area contributed by atoms with Crippen LogP contribution >= 0.6 is 0 Å². The van der Waals surface area contributed by atoms with Crippen molar-refractivity contribution >= 4 is 11.8 Å². The molecule has 0 saturated carbocycles. The molecule has 0 aliphatic heterocycles. The first kappa shape index (κ1) is 15.6. The van der Waals surface area contributed by atoms with E-state index < -0.39 is 5.91 Å². The zero-order valence-corrected chi connectivity index (χ0v) is 12.0. The summed E-state index contributed by atoms with van der Waals surface area (Å²) in [5.41, 5.74) is 5.00. The van der Waals surface area contributed by atoms with E-state index in [1.165, 1.54) is 0 Å². The van der Waals surface area contributed by atoms with Crippen molar-refractivity contribution in [2.24, 2.45) is 5.92 Å². The largest absolute Gasteiger partial charge is 0.482 e. The first-order valence-corrected chi connectivity index (χ1v) is 7.05. The minimum absolute atomic E-state index is 0.234. The van der Waals surface area contributed by atoms with Crippen molar-refractivity contribution in [3.63, 3.8) is 0 Å². The summed E-state index contributed by atoms with van der Waals surface area (Å²) < 4.78 is 5.26. The second-order valence-electron chi connectivity index (χ2n) is 4.96. The van der Waals surface area contributed by atoms with Gasteiger partial charge in [0.05, 0.1) is 5.56 Å². The van der Waals surface area contributed by atoms with Gasteiger partial charge >= 0.3 is 0 Å². The van der Waals surface area contributed by atoms with Crippen LogP contribution in [-0.4, -0.2) is 18.4 Å². The van der Waals surface area contributed by atoms with Crippen LogP contribution < -0.4 is 15.6 Å². The second-order valence-corrected chi connectivity index (χ2v) is 4.96. The molecule has 0 saturated heterocycles. The summed E-state index contributed by atoms with van der Waals surface area (Å²) >= 11 is 0. The predicted molar refractivity (Wildman–Crippen MR) is 79.4 cm³/mol. The number of carbonyl (C=O) groups excluding carboxylic acids is 2. The van der Waals surface area contributed by atoms with E-state index in [0.717, 1.165) is 12.8 Å². The van der Waals surface area contributed by atoms with Crippen molar-refractivity contribution in [2.75, 3.05) is 6.61 Å². The molecular formula is C16H17N3O3. The Bertz CT molecular complexity index is 619. The number of hydrazine groups is 1. The zero-order chi connectivity index (χ0) is 15.8. The summed E-state index contributed by atoms with van der Waals surface area (Å²) in [6.07, 6.45) is 6.39. The van der Waals surface area contributed by atoms with Crippen LogP contribution in [0.25, 0.3) is 0 Å². The minimum Gasteiger partial charge on any atom is -0.482 e. The van der Waals surface area contributed by atoms with Gasteiger partial charge in [-0.3, -0.25) is 20.4 Å². The molecule has 6 heteroatoms. The molecule has 6 nitrogen and oxygen atoms in total. The van der Waals surface area contributed by atoms with Crippen LogP contribution in [0.4, 0.5) is 0 Å². The van der Waals surface area contributed by atoms with E-state index >= 15 is 0 Å². The van der Waals surface area contributed by atoms with Gasteiger partial charge in [-0.05, 0) is 30.9 Å². The lowest BCUT2D eigenvalue weighted by molar-refractivity contribution is -0.130. The maximum absolute atomic E-state index is 11.6. The molecule has 1 aliphatic carbocycles. The molecule has 2 N–H and O–H groups in total. The van der Waals surface area contributed by atoms with Gasteiger partial charge in [-0.2, -0.15) is 5.26 Å². The minimum atomic E-state index is -0.483. The maximum Gasteiger partial charge on any atom is 0.276 e. The Balaban J connectivity index is 1.70. The summed E-state index contributed by atoms with van der Waals surface area (Å²) in [6, 6.07) is 8.61. The molecule has 0 unspecified atom stereocenters. The summed E-state index contributed by atoms with van der Waals surface area (Å²) in [5.74, 6) is -0.136. The highest BCUT2D eigenvalue weighted by molar-refractivity contribution is 5.83. The highest BCUT2D eigenvalue weighted by atomic mass is 16.5. The smallest absolute Gasteiger partial charge is 0.276 e. The van der Waals surface area contributed by atoms with Gasteiger partial charge in [0.15, 0.2) is 6.61 Å². The number of carbonyl (C=O) groups is 2. The summed E-state index contributed by atoms with van der Waals surface area (Å²) in [7, 11) is 0. The standard InChI is InChI=1S/C16H17N3O3/c17-10-13-7-3-4-8-14(13)22-11-16(21)19-18-15(20)9-12-5-1-2-6-12/h1,3-5,7-8,12H,2,6,9,11H2,(H,18,20)(H,19,21)/t12-/m1/s1. The van der Waals surface area contributed by atoms with Crippen LogP contribution in [0.15, 0.2) is 36.4 Å². The molecule has 1 aromatic carbocycles. The number of allylic oxidation sites excluding steroid dienone is 2. The van der Waals surface area contributed by atoms with Crippen molar-refractivity contribution in [2.45, 2.75) is 19.3 Å². The Kier molecular flexibility index (Phi) is 5.55. The first-order valence-electron chi connectivity index (χ1n) is 7.05. The normalized spacial score (nSPS) is 15.9. The Morgan fingerprint density at radius 1 is 1.27 bits per heavy atom. The maximum atomic E-state index is 11.6. The van der Waals surface area contributed by atoms with Crippen LogP contribution in [0.1, 0.15) is 24.8 Å². The van der Waals surface area contributed by atoms with E-state index in [1.807, 2.05) is 12.1 Å². The van der Waals surface area contributed by atoms with Gasteiger partial charge in [-0.15, -0.1) is 0 Å². The van der Waals surface area contributed by atoms with Crippen molar-refractivity contribution in [3.05, 3.63) is 42.0 Å². The molecule has 1 aliphatic rings. The third-order valence-electron chi connectivity index (χ3n) is 3.27. The average molecular weight is 299 g/mol. The molecule has 2 rings (SSSR count). The monoisotopic (exact) mass is 299 g/mol. The van der Waals surface area contributed by atoms with Crippen molar-refractivity contribution < 1.29 is 14.3 Å². The lowest BCUT2D eigenvalue weighted by Gasteiger charge is -2.11. The zero-order valence-electron chi connectivity index (χ0n) is 12.0. The van der Waals surface area contributed by atoms with Crippen LogP contribution in [0.5, 0.6) is 5.75 Å². The fourth-order valence-electron chi connectivity index (χ4n) is 2.16. The van der Waals surface area contributed by atoms with Crippen LogP contribution in [0.3, 0.4) is 0 Å². The van der Waals surface area contributed by atoms with Gasteiger partial charge in [0, 0.05) is 6.42 Å². The van der Waals surface area contributed by atoms with Gasteiger partial charge in [-0.1, -0.05) is 24.3 Å². The van der Waals surface area contributed by atoms with E-state index in [9.17, 15) is 9.59 Å². The molecule has 0 fully saturated rings. The topological polar surface area (TPSA) is 91.2 Å². The third kappa shape index (κ3) is 4.63. The molecule has 0 spiro atoms. The van der Waals surface area contributed by atoms with E-state index in [4.69, 9.17) is 10.00 Å². The second kappa shape index (κ2) is 7.84. The molecule has 1 aromatic rings. The Morgan fingerprint density at radius 2 is 2.05 bits per heavy atom. The van der Waals surface area contributed by atoms with Crippen molar-refractivity contribution in [1.82, 2.24) is 10.9 Å². The molecular weight excluding hydrogens is 282 g/mol. The van der Waals surface area contributed by atoms with Gasteiger partial charge in [0.25, 0.3) is 5.91 Å². The third-order valence-corrected chi connectivity index (χ3v) is 3.27. The summed E-state index contributed by atoms with van der Waals surface area (Å²) in [6.45, 7) is -0.275. The molecule has 22 heavy (non-hydrogen) atoms. The Labute approximate surface area is 128 Å². The Morgan fingerprint density at radius 3 is 2.77 bits per heavy atom. The highest BCUT2D eigenvalue weighted by Crippen LogP contribution is 2.19. The molecule has 1 atom stereocenters. The van der Waals surface area contributed by atoms with Gasteiger partial charge in [-0.25, -0.2) is 0 Å². The fourth-order valence-corrected chi connectivity index (χ4v) is 2.16. The number of benzene rings is 1. The molecule has 0 heterocycles. The lowest BCUT2D eigenvalue weighted by Crippen LogP contribution is -2.44.